The summed E-state index contributed by atoms with van der Waals surface area (Å²) in [5.74, 6) is -4.20. The van der Waals surface area contributed by atoms with E-state index in [0.717, 1.165) is 0 Å². The molecule has 0 spiro atoms. The van der Waals surface area contributed by atoms with Crippen molar-refractivity contribution in [3.8, 4) is 0 Å². The lowest BCUT2D eigenvalue weighted by Crippen LogP contribution is -2.55. The number of carbonyl (C=O) groups is 4. The fraction of sp³-hybridized carbons (Fsp3) is 0.543. The Kier molecular flexibility index (Phi) is 17.0. The van der Waals surface area contributed by atoms with Crippen molar-refractivity contribution in [2.45, 2.75) is 17.8 Å². The fourth-order valence-electron chi connectivity index (χ4n) is 6.13. The second kappa shape index (κ2) is 21.6. The molecular formula is C35H38F6N8O10. The third kappa shape index (κ3) is 11.0. The molecule has 18 nitrogen and oxygen atoms in total. The van der Waals surface area contributed by atoms with E-state index in [-0.39, 0.29) is 105 Å². The molecule has 2 aromatic carbocycles. The number of halogens is 6. The minimum atomic E-state index is -6.12. The van der Waals surface area contributed by atoms with Crippen molar-refractivity contribution in [1.82, 2.24) is 9.80 Å². The molecule has 2 aromatic rings. The van der Waals surface area contributed by atoms with Crippen molar-refractivity contribution in [3.05, 3.63) is 90.7 Å². The van der Waals surface area contributed by atoms with Gasteiger partial charge in [-0.2, -0.15) is 26.3 Å². The first-order valence-corrected chi connectivity index (χ1v) is 17.8. The molecule has 0 aliphatic carbocycles. The zero-order chi connectivity index (χ0) is 43.1. The number of benzene rings is 2. The van der Waals surface area contributed by atoms with Gasteiger partial charge >= 0.3 is 12.4 Å². The van der Waals surface area contributed by atoms with Crippen LogP contribution in [0.15, 0.2) is 46.6 Å². The lowest BCUT2D eigenvalue weighted by molar-refractivity contribution is -0.288. The molecule has 2 aliphatic heterocycles. The van der Waals surface area contributed by atoms with Gasteiger partial charge < -0.3 is 28.4 Å². The molecule has 59 heavy (non-hydrogen) atoms. The molecule has 4 amide bonds. The van der Waals surface area contributed by atoms with Crippen molar-refractivity contribution in [1.29, 1.82) is 0 Å². The number of carbonyl (C=O) groups excluding carboxylic acids is 4. The second-order valence-electron chi connectivity index (χ2n) is 12.4. The Balaban J connectivity index is 1.41. The standard InChI is InChI=1S/C35H38F6N8O10/c36-34(37,38)33(35(39,40)41,23-1-3-25-27(21-23)31(52)48(29(25)50)7-11-56-15-19-58-17-13-54-9-5-44-46-42)24-2-4-26-28(22-24)32(53)49(30(26)51)8-12-57-16-20-59-18-14-55-10-6-45-47-43/h1-4,21-22H,5-20H2. The highest BCUT2D eigenvalue weighted by Crippen LogP contribution is 2.57. The third-order valence-corrected chi connectivity index (χ3v) is 8.86. The Labute approximate surface area is 331 Å². The maximum Gasteiger partial charge on any atom is 0.411 e. The van der Waals surface area contributed by atoms with Gasteiger partial charge in [0.2, 0.25) is 5.41 Å². The van der Waals surface area contributed by atoms with Crippen LogP contribution in [0.3, 0.4) is 0 Å². The van der Waals surface area contributed by atoms with Gasteiger partial charge in [0.25, 0.3) is 23.6 Å². The largest absolute Gasteiger partial charge is 0.411 e. The Bertz CT molecular complexity index is 1790. The number of alkyl halides is 6. The monoisotopic (exact) mass is 844 g/mol. The van der Waals surface area contributed by atoms with Crippen molar-refractivity contribution in [3.63, 3.8) is 0 Å². The molecule has 24 heteroatoms. The maximum atomic E-state index is 15.1. The van der Waals surface area contributed by atoms with Gasteiger partial charge in [-0.1, -0.05) is 22.4 Å². The number of hydrogen-bond donors (Lipinski definition) is 0. The summed E-state index contributed by atoms with van der Waals surface area (Å²) in [6, 6.07) is 3.06. The minimum Gasteiger partial charge on any atom is -0.379 e. The van der Waals surface area contributed by atoms with E-state index in [1.807, 2.05) is 0 Å². The zero-order valence-corrected chi connectivity index (χ0v) is 31.2. The van der Waals surface area contributed by atoms with Gasteiger partial charge in [-0.15, -0.1) is 0 Å². The fourth-order valence-corrected chi connectivity index (χ4v) is 6.13. The average Bonchev–Trinajstić information content (AvgIpc) is 3.57. The van der Waals surface area contributed by atoms with Crippen molar-refractivity contribution >= 4 is 23.6 Å². The lowest BCUT2D eigenvalue weighted by Gasteiger charge is -2.38. The molecule has 320 valence electrons. The molecule has 0 atom stereocenters. The molecule has 0 saturated carbocycles. The summed E-state index contributed by atoms with van der Waals surface area (Å²) >= 11 is 0. The molecule has 2 aliphatic rings. The van der Waals surface area contributed by atoms with E-state index < -0.39 is 74.8 Å². The van der Waals surface area contributed by atoms with Gasteiger partial charge in [0.05, 0.1) is 115 Å². The number of rotatable bonds is 26. The average molecular weight is 845 g/mol. The molecular weight excluding hydrogens is 806 g/mol. The van der Waals surface area contributed by atoms with Gasteiger partial charge in [0.1, 0.15) is 0 Å². The third-order valence-electron chi connectivity index (χ3n) is 8.86. The van der Waals surface area contributed by atoms with Crippen LogP contribution in [0.25, 0.3) is 20.9 Å². The number of ether oxygens (including phenoxy) is 6. The number of hydrogen-bond acceptors (Lipinski definition) is 12. The smallest absolute Gasteiger partial charge is 0.379 e. The Morgan fingerprint density at radius 3 is 1.10 bits per heavy atom. The number of azide groups is 2. The van der Waals surface area contributed by atoms with Crippen LogP contribution in [0, 0.1) is 0 Å². The van der Waals surface area contributed by atoms with E-state index in [2.05, 4.69) is 20.1 Å². The molecule has 0 radical (unpaired) electrons. The van der Waals surface area contributed by atoms with Crippen molar-refractivity contribution in [2.24, 2.45) is 10.2 Å². The zero-order valence-electron chi connectivity index (χ0n) is 31.2. The molecule has 0 fully saturated rings. The highest BCUT2D eigenvalue weighted by Gasteiger charge is 2.73. The molecule has 0 bridgehead atoms. The van der Waals surface area contributed by atoms with Crippen LogP contribution in [-0.4, -0.2) is 151 Å². The van der Waals surface area contributed by atoms with Crippen LogP contribution in [0.1, 0.15) is 52.6 Å². The van der Waals surface area contributed by atoms with Gasteiger partial charge in [0, 0.05) is 22.9 Å². The number of amides is 4. The highest BCUT2D eigenvalue weighted by atomic mass is 19.4. The molecule has 0 saturated heterocycles. The van der Waals surface area contributed by atoms with Crippen LogP contribution in [0.4, 0.5) is 26.3 Å². The summed E-state index contributed by atoms with van der Waals surface area (Å²) in [6.07, 6.45) is -12.2. The summed E-state index contributed by atoms with van der Waals surface area (Å²) in [4.78, 5) is 59.0. The Morgan fingerprint density at radius 1 is 0.475 bits per heavy atom. The van der Waals surface area contributed by atoms with E-state index in [0.29, 0.717) is 46.2 Å². The second-order valence-corrected chi connectivity index (χ2v) is 12.4. The number of nitrogens with zero attached hydrogens (tertiary/aromatic N) is 8. The van der Waals surface area contributed by atoms with E-state index in [1.54, 1.807) is 0 Å². The number of fused-ring (bicyclic) bond motifs is 2. The predicted molar refractivity (Wildman–Crippen MR) is 189 cm³/mol. The van der Waals surface area contributed by atoms with E-state index >= 15 is 26.3 Å². The van der Waals surface area contributed by atoms with Gasteiger partial charge in [-0.05, 0) is 46.5 Å². The summed E-state index contributed by atoms with van der Waals surface area (Å²) in [5, 5.41) is 6.60. The topological polar surface area (TPSA) is 228 Å². The molecule has 0 aromatic heterocycles. The van der Waals surface area contributed by atoms with Crippen LogP contribution < -0.4 is 0 Å². The van der Waals surface area contributed by atoms with Gasteiger partial charge in [-0.25, -0.2) is 0 Å². The predicted octanol–water partition coefficient (Wildman–Crippen LogP) is 5.01. The van der Waals surface area contributed by atoms with Crippen LogP contribution in [-0.2, 0) is 33.8 Å². The summed E-state index contributed by atoms with van der Waals surface area (Å²) < 4.78 is 122. The Morgan fingerprint density at radius 2 is 0.780 bits per heavy atom. The van der Waals surface area contributed by atoms with E-state index in [4.69, 9.17) is 39.5 Å². The van der Waals surface area contributed by atoms with E-state index in [1.165, 1.54) is 0 Å². The van der Waals surface area contributed by atoms with Gasteiger partial charge in [-0.3, -0.25) is 29.0 Å². The molecule has 4 rings (SSSR count). The SMILES string of the molecule is [N-]=[N+]=NCCOCCOCCOCCN1C(=O)c2ccc(C(c3ccc4c(c3)C(=O)N(CCOCCOCCOCCN=[N+]=[N-])C4=O)(C(F)(F)F)C(F)(F)F)cc2C1=O. The quantitative estimate of drug-likeness (QED) is 0.0307. The molecule has 0 unspecified atom stereocenters. The first-order chi connectivity index (χ1) is 28.2. The first-order valence-electron chi connectivity index (χ1n) is 17.8. The normalized spacial score (nSPS) is 14.1. The van der Waals surface area contributed by atoms with Crippen LogP contribution in [0.5, 0.6) is 0 Å². The van der Waals surface area contributed by atoms with Gasteiger partial charge in [0.15, 0.2) is 0 Å². The lowest BCUT2D eigenvalue weighted by atomic mass is 9.71. The van der Waals surface area contributed by atoms with Crippen molar-refractivity contribution in [2.75, 3.05) is 105 Å². The molecule has 0 N–H and O–H groups in total. The summed E-state index contributed by atoms with van der Waals surface area (Å²) in [6.45, 7) is 0.531. The van der Waals surface area contributed by atoms with Crippen LogP contribution in [0.2, 0.25) is 0 Å². The summed E-state index contributed by atoms with van der Waals surface area (Å²) in [7, 11) is 0. The number of imide groups is 2. The van der Waals surface area contributed by atoms with Crippen LogP contribution >= 0.6 is 0 Å². The Hall–Kier alpha value is -5.32. The van der Waals surface area contributed by atoms with E-state index in [9.17, 15) is 19.2 Å². The first kappa shape index (κ1) is 46.4. The molecule has 2 heterocycles. The van der Waals surface area contributed by atoms with Crippen molar-refractivity contribution < 1.29 is 73.9 Å². The highest BCUT2D eigenvalue weighted by molar-refractivity contribution is 6.22. The minimum absolute atomic E-state index is 0.0165. The summed E-state index contributed by atoms with van der Waals surface area (Å²) in [5.41, 5.74) is 6.46. The maximum absolute atomic E-state index is 15.1.